The first-order chi connectivity index (χ1) is 11.6. The van der Waals surface area contributed by atoms with E-state index in [0.29, 0.717) is 5.75 Å². The molecule has 0 fully saturated rings. The number of rotatable bonds is 2. The monoisotopic (exact) mass is 355 g/mol. The van der Waals surface area contributed by atoms with Crippen molar-refractivity contribution in [3.8, 4) is 5.69 Å². The number of amides is 1. The molecule has 0 radical (unpaired) electrons. The van der Waals surface area contributed by atoms with Crippen molar-refractivity contribution in [2.45, 2.75) is 19.1 Å². The molecule has 0 saturated heterocycles. The molecule has 0 bridgehead atoms. The molecule has 2 aromatic heterocycles. The number of aromatic nitrogens is 2. The summed E-state index contributed by atoms with van der Waals surface area (Å²) in [5.74, 6) is 0.523. The van der Waals surface area contributed by atoms with Crippen LogP contribution < -0.4 is 5.32 Å². The van der Waals surface area contributed by atoms with Gasteiger partial charge >= 0.3 is 0 Å². The van der Waals surface area contributed by atoms with E-state index in [9.17, 15) is 4.79 Å². The second kappa shape index (κ2) is 6.11. The number of benzene rings is 1. The molecule has 1 atom stereocenters. The minimum absolute atomic E-state index is 0.0629. The first-order valence-electron chi connectivity index (χ1n) is 7.75. The molecule has 1 aliphatic heterocycles. The summed E-state index contributed by atoms with van der Waals surface area (Å²) in [7, 11) is 0. The largest absolute Gasteiger partial charge is 0.324 e. The highest BCUT2D eigenvalue weighted by Gasteiger charge is 2.30. The summed E-state index contributed by atoms with van der Waals surface area (Å²) in [6.07, 6.45) is 0. The lowest BCUT2D eigenvalue weighted by Gasteiger charge is -2.15. The minimum Gasteiger partial charge on any atom is -0.324 e. The van der Waals surface area contributed by atoms with Gasteiger partial charge in [0.2, 0.25) is 5.91 Å². The molecule has 1 amide bonds. The van der Waals surface area contributed by atoms with E-state index < -0.39 is 0 Å². The molecule has 3 aromatic rings. The van der Waals surface area contributed by atoms with E-state index in [1.54, 1.807) is 23.1 Å². The number of nitrogens with zero attached hydrogens (tertiary/aromatic N) is 2. The van der Waals surface area contributed by atoms with Gasteiger partial charge in [-0.3, -0.25) is 4.79 Å². The fourth-order valence-corrected chi connectivity index (χ4v) is 5.50. The first kappa shape index (κ1) is 15.5. The van der Waals surface area contributed by atoms with Gasteiger partial charge in [0.25, 0.3) is 0 Å². The highest BCUT2D eigenvalue weighted by Crippen LogP contribution is 2.46. The molecule has 1 aromatic carbocycles. The van der Waals surface area contributed by atoms with E-state index in [2.05, 4.69) is 31.3 Å². The van der Waals surface area contributed by atoms with Gasteiger partial charge in [0.05, 0.1) is 28.1 Å². The average molecular weight is 355 g/mol. The number of carbonyl (C=O) groups is 1. The predicted molar refractivity (Wildman–Crippen MR) is 100 cm³/mol. The highest BCUT2D eigenvalue weighted by atomic mass is 32.2. The lowest BCUT2D eigenvalue weighted by atomic mass is 10.1. The van der Waals surface area contributed by atoms with E-state index in [-0.39, 0.29) is 11.2 Å². The molecular weight excluding hydrogens is 338 g/mol. The number of nitrogens with one attached hydrogen (secondary N) is 1. The number of anilines is 1. The van der Waals surface area contributed by atoms with Crippen molar-refractivity contribution in [2.24, 2.45) is 0 Å². The molecule has 1 unspecified atom stereocenters. The molecule has 3 heterocycles. The van der Waals surface area contributed by atoms with Crippen LogP contribution in [0.25, 0.3) is 5.69 Å². The van der Waals surface area contributed by atoms with Crippen molar-refractivity contribution >= 4 is 34.7 Å². The van der Waals surface area contributed by atoms with Crippen LogP contribution in [0.15, 0.2) is 41.8 Å². The number of fused-ring (bicyclic) bond motifs is 1. The fourth-order valence-electron chi connectivity index (χ4n) is 3.12. The normalized spacial score (nSPS) is 17.2. The SMILES string of the molecule is Cc1nn(-c2ccccc2)c(C)c1C1SCC(=O)Nc2ccsc21. The molecule has 24 heavy (non-hydrogen) atoms. The number of thiophene rings is 1. The second-order valence-corrected chi connectivity index (χ2v) is 7.81. The fraction of sp³-hybridized carbons (Fsp3) is 0.222. The Kier molecular flexibility index (Phi) is 3.94. The van der Waals surface area contributed by atoms with Crippen molar-refractivity contribution in [1.29, 1.82) is 0 Å². The topological polar surface area (TPSA) is 46.9 Å². The summed E-state index contributed by atoms with van der Waals surface area (Å²) in [6.45, 7) is 4.16. The summed E-state index contributed by atoms with van der Waals surface area (Å²) in [5.41, 5.74) is 5.35. The number of thioether (sulfide) groups is 1. The molecular formula is C18H17N3OS2. The quantitative estimate of drug-likeness (QED) is 0.744. The number of hydrogen-bond acceptors (Lipinski definition) is 4. The number of hydrogen-bond donors (Lipinski definition) is 1. The molecule has 0 spiro atoms. The van der Waals surface area contributed by atoms with Crippen LogP contribution in [0, 0.1) is 13.8 Å². The van der Waals surface area contributed by atoms with Gasteiger partial charge in [-0.1, -0.05) is 18.2 Å². The van der Waals surface area contributed by atoms with E-state index in [1.807, 2.05) is 34.3 Å². The summed E-state index contributed by atoms with van der Waals surface area (Å²) in [5, 5.41) is 9.94. The van der Waals surface area contributed by atoms with Crippen LogP contribution in [-0.4, -0.2) is 21.4 Å². The van der Waals surface area contributed by atoms with Crippen molar-refractivity contribution in [3.05, 3.63) is 63.6 Å². The maximum atomic E-state index is 12.0. The zero-order valence-electron chi connectivity index (χ0n) is 13.4. The summed E-state index contributed by atoms with van der Waals surface area (Å²) in [4.78, 5) is 13.2. The Balaban J connectivity index is 1.84. The van der Waals surface area contributed by atoms with Crippen molar-refractivity contribution in [2.75, 3.05) is 11.1 Å². The molecule has 0 aliphatic carbocycles. The third-order valence-corrected chi connectivity index (χ3v) is 6.56. The Hall–Kier alpha value is -2.05. The van der Waals surface area contributed by atoms with Gasteiger partial charge in [0, 0.05) is 16.1 Å². The zero-order valence-corrected chi connectivity index (χ0v) is 15.1. The van der Waals surface area contributed by atoms with E-state index in [0.717, 1.165) is 22.8 Å². The van der Waals surface area contributed by atoms with Crippen LogP contribution in [0.4, 0.5) is 5.69 Å². The Morgan fingerprint density at radius 1 is 1.21 bits per heavy atom. The third-order valence-electron chi connectivity index (χ3n) is 4.20. The maximum Gasteiger partial charge on any atom is 0.234 e. The number of aryl methyl sites for hydroxylation is 1. The van der Waals surface area contributed by atoms with Gasteiger partial charge in [-0.25, -0.2) is 4.68 Å². The van der Waals surface area contributed by atoms with Gasteiger partial charge in [0.15, 0.2) is 0 Å². The van der Waals surface area contributed by atoms with E-state index in [4.69, 9.17) is 5.10 Å². The van der Waals surface area contributed by atoms with Crippen LogP contribution >= 0.6 is 23.1 Å². The smallest absolute Gasteiger partial charge is 0.234 e. The Morgan fingerprint density at radius 3 is 2.79 bits per heavy atom. The zero-order chi connectivity index (χ0) is 16.7. The van der Waals surface area contributed by atoms with Crippen LogP contribution in [0.1, 0.15) is 27.1 Å². The highest BCUT2D eigenvalue weighted by molar-refractivity contribution is 8.00. The van der Waals surface area contributed by atoms with Gasteiger partial charge in [0.1, 0.15) is 0 Å². The molecule has 0 saturated carbocycles. The lowest BCUT2D eigenvalue weighted by molar-refractivity contribution is -0.113. The van der Waals surface area contributed by atoms with Gasteiger partial charge < -0.3 is 5.32 Å². The molecule has 6 heteroatoms. The third kappa shape index (κ3) is 2.56. The molecule has 1 N–H and O–H groups in total. The van der Waals surface area contributed by atoms with Gasteiger partial charge in [-0.05, 0) is 37.4 Å². The van der Waals surface area contributed by atoms with Crippen LogP contribution in [0.3, 0.4) is 0 Å². The molecule has 1 aliphatic rings. The minimum atomic E-state index is 0.0629. The van der Waals surface area contributed by atoms with Crippen LogP contribution in [0.2, 0.25) is 0 Å². The number of para-hydroxylation sites is 1. The van der Waals surface area contributed by atoms with Crippen molar-refractivity contribution in [1.82, 2.24) is 9.78 Å². The van der Waals surface area contributed by atoms with E-state index >= 15 is 0 Å². The van der Waals surface area contributed by atoms with Gasteiger partial charge in [-0.15, -0.1) is 23.1 Å². The molecule has 4 nitrogen and oxygen atoms in total. The molecule has 4 rings (SSSR count). The second-order valence-electron chi connectivity index (χ2n) is 5.77. The van der Waals surface area contributed by atoms with Crippen LogP contribution in [-0.2, 0) is 4.79 Å². The Morgan fingerprint density at radius 2 is 2.00 bits per heavy atom. The number of carbonyl (C=O) groups excluding carboxylic acids is 1. The van der Waals surface area contributed by atoms with Gasteiger partial charge in [-0.2, -0.15) is 5.10 Å². The Labute approximate surface area is 148 Å². The van der Waals surface area contributed by atoms with Crippen molar-refractivity contribution < 1.29 is 4.79 Å². The average Bonchev–Trinajstić information content (AvgIpc) is 3.11. The van der Waals surface area contributed by atoms with Crippen LogP contribution in [0.5, 0.6) is 0 Å². The van der Waals surface area contributed by atoms with Crippen molar-refractivity contribution in [3.63, 3.8) is 0 Å². The maximum absolute atomic E-state index is 12.0. The summed E-state index contributed by atoms with van der Waals surface area (Å²) in [6, 6.07) is 12.2. The summed E-state index contributed by atoms with van der Waals surface area (Å²) < 4.78 is 2.00. The van der Waals surface area contributed by atoms with E-state index in [1.165, 1.54) is 10.4 Å². The molecule has 122 valence electrons. The summed E-state index contributed by atoms with van der Waals surface area (Å²) >= 11 is 3.37. The first-order valence-corrected chi connectivity index (χ1v) is 9.68. The Bertz CT molecular complexity index is 898. The lowest BCUT2D eigenvalue weighted by Crippen LogP contribution is -2.11. The predicted octanol–water partition coefficient (Wildman–Crippen LogP) is 4.33. The standard InChI is InChI=1S/C18H17N3OS2/c1-11-16(12(2)21(20-11)13-6-4-3-5-7-13)18-17-14(8-9-23-17)19-15(22)10-24-18/h3-9,18H,10H2,1-2H3,(H,19,22).